The number of fused-ring (bicyclic) bond motifs is 3. The van der Waals surface area contributed by atoms with Crippen LogP contribution in [0.15, 0.2) is 121 Å². The summed E-state index contributed by atoms with van der Waals surface area (Å²) in [6.45, 7) is 11.3. The van der Waals surface area contributed by atoms with Crippen LogP contribution in [-0.4, -0.2) is 38.4 Å². The van der Waals surface area contributed by atoms with Crippen LogP contribution in [0.2, 0.25) is 0 Å². The molecule has 0 amide bonds. The highest BCUT2D eigenvalue weighted by Crippen LogP contribution is 2.58. The first-order valence-electron chi connectivity index (χ1n) is 14.4. The van der Waals surface area contributed by atoms with Gasteiger partial charge in [-0.05, 0) is 78.3 Å². The third-order valence-electron chi connectivity index (χ3n) is 7.79. The lowest BCUT2D eigenvalue weighted by Gasteiger charge is -2.40. The zero-order valence-electron chi connectivity index (χ0n) is 24.6. The lowest BCUT2D eigenvalue weighted by molar-refractivity contribution is -0.140. The minimum absolute atomic E-state index is 0.110. The fraction of sp³-hybridized carbons (Fsp3) is 0.243. The number of ether oxygens (including phenoxy) is 4. The maximum absolute atomic E-state index is 11.7. The van der Waals surface area contributed by atoms with Crippen LogP contribution in [0.5, 0.6) is 5.75 Å². The summed E-state index contributed by atoms with van der Waals surface area (Å²) in [4.78, 5) is 23.3. The van der Waals surface area contributed by atoms with Crippen molar-refractivity contribution in [3.05, 3.63) is 138 Å². The van der Waals surface area contributed by atoms with Crippen molar-refractivity contribution in [3.63, 3.8) is 0 Å². The number of hydrogen-bond donors (Lipinski definition) is 0. The van der Waals surface area contributed by atoms with Crippen molar-refractivity contribution in [2.45, 2.75) is 25.7 Å². The molecule has 0 fully saturated rings. The Hall–Kier alpha value is -4.84. The molecule has 0 radical (unpaired) electrons. The van der Waals surface area contributed by atoms with Crippen LogP contribution < -0.4 is 4.74 Å². The SMILES string of the molecule is C=C(C)C(=O)OCCOC1=CCC(C2(c3ccc(OCCOC(=O)C(=C)C)cc3)c3ccccc3-c3ccccc32)C=C1. The third-order valence-corrected chi connectivity index (χ3v) is 7.79. The van der Waals surface area contributed by atoms with E-state index in [0.29, 0.717) is 16.9 Å². The Morgan fingerprint density at radius 1 is 0.744 bits per heavy atom. The van der Waals surface area contributed by atoms with E-state index < -0.39 is 17.4 Å². The van der Waals surface area contributed by atoms with Gasteiger partial charge in [0.25, 0.3) is 0 Å². The molecule has 1 unspecified atom stereocenters. The summed E-state index contributed by atoms with van der Waals surface area (Å²) >= 11 is 0. The average molecular weight is 577 g/mol. The van der Waals surface area contributed by atoms with Gasteiger partial charge in [-0.2, -0.15) is 0 Å². The first-order chi connectivity index (χ1) is 20.8. The van der Waals surface area contributed by atoms with Gasteiger partial charge >= 0.3 is 11.9 Å². The number of esters is 2. The van der Waals surface area contributed by atoms with Crippen molar-refractivity contribution >= 4 is 11.9 Å². The summed E-state index contributed by atoms with van der Waals surface area (Å²) in [7, 11) is 0. The molecule has 0 saturated heterocycles. The quantitative estimate of drug-likeness (QED) is 0.130. The standard InChI is InChI=1S/C37H36O6/c1-25(2)35(38)42-23-21-40-29-17-13-27(14-18-29)37(33-11-7-5-9-31(33)32-10-6-8-12-34(32)37)28-15-19-30(20-16-28)41-22-24-43-36(39)26(3)4/h5-15,17-20,28H,1,3,16,21-24H2,2,4H3. The van der Waals surface area contributed by atoms with Crippen LogP contribution in [0.25, 0.3) is 11.1 Å². The summed E-state index contributed by atoms with van der Waals surface area (Å²) < 4.78 is 22.1. The van der Waals surface area contributed by atoms with Gasteiger partial charge in [0.1, 0.15) is 37.9 Å². The predicted molar refractivity (Wildman–Crippen MR) is 167 cm³/mol. The van der Waals surface area contributed by atoms with E-state index in [0.717, 1.165) is 17.7 Å². The minimum atomic E-state index is -0.432. The molecule has 0 aliphatic heterocycles. The topological polar surface area (TPSA) is 71.1 Å². The van der Waals surface area contributed by atoms with Gasteiger partial charge in [0, 0.05) is 11.1 Å². The van der Waals surface area contributed by atoms with Crippen molar-refractivity contribution in [2.75, 3.05) is 26.4 Å². The van der Waals surface area contributed by atoms with Gasteiger partial charge in [0.05, 0.1) is 5.41 Å². The van der Waals surface area contributed by atoms with Crippen LogP contribution in [0.4, 0.5) is 0 Å². The molecule has 0 bridgehead atoms. The fourth-order valence-electron chi connectivity index (χ4n) is 5.87. The first-order valence-corrected chi connectivity index (χ1v) is 14.4. The molecule has 1 atom stereocenters. The molecule has 0 saturated carbocycles. The van der Waals surface area contributed by atoms with Crippen molar-refractivity contribution < 1.29 is 28.5 Å². The minimum Gasteiger partial charge on any atom is -0.490 e. The van der Waals surface area contributed by atoms with Crippen molar-refractivity contribution in [1.82, 2.24) is 0 Å². The van der Waals surface area contributed by atoms with Crippen LogP contribution in [-0.2, 0) is 29.2 Å². The summed E-state index contributed by atoms with van der Waals surface area (Å²) in [5.41, 5.74) is 6.44. The fourth-order valence-corrected chi connectivity index (χ4v) is 5.87. The highest BCUT2D eigenvalue weighted by atomic mass is 16.6. The van der Waals surface area contributed by atoms with E-state index >= 15 is 0 Å². The number of benzene rings is 3. The molecule has 0 heterocycles. The van der Waals surface area contributed by atoms with Crippen LogP contribution in [0, 0.1) is 5.92 Å². The molecule has 2 aliphatic rings. The largest absolute Gasteiger partial charge is 0.490 e. The second-order valence-electron chi connectivity index (χ2n) is 10.8. The van der Waals surface area contributed by atoms with Crippen molar-refractivity contribution in [1.29, 1.82) is 0 Å². The number of allylic oxidation sites excluding steroid dienone is 3. The van der Waals surface area contributed by atoms with E-state index in [1.54, 1.807) is 13.8 Å². The normalized spacial score (nSPS) is 15.9. The predicted octanol–water partition coefficient (Wildman–Crippen LogP) is 7.10. The smallest absolute Gasteiger partial charge is 0.333 e. The van der Waals surface area contributed by atoms with E-state index in [1.165, 1.54) is 22.3 Å². The van der Waals surface area contributed by atoms with Gasteiger partial charge in [0.15, 0.2) is 0 Å². The van der Waals surface area contributed by atoms with E-state index in [-0.39, 0.29) is 32.3 Å². The van der Waals surface area contributed by atoms with Gasteiger partial charge in [-0.15, -0.1) is 0 Å². The highest BCUT2D eigenvalue weighted by molar-refractivity contribution is 5.87. The zero-order valence-corrected chi connectivity index (χ0v) is 24.6. The summed E-state index contributed by atoms with van der Waals surface area (Å²) in [6, 6.07) is 25.5. The molecule has 6 heteroatoms. The van der Waals surface area contributed by atoms with E-state index in [1.807, 2.05) is 18.2 Å². The van der Waals surface area contributed by atoms with Crippen molar-refractivity contribution in [2.24, 2.45) is 5.92 Å². The monoisotopic (exact) mass is 576 g/mol. The van der Waals surface area contributed by atoms with Gasteiger partial charge in [-0.1, -0.05) is 79.9 Å². The lowest BCUT2D eigenvalue weighted by Crippen LogP contribution is -2.35. The molecule has 3 aromatic carbocycles. The molecule has 0 N–H and O–H groups in total. The molecular formula is C37H36O6. The Kier molecular flexibility index (Phi) is 8.96. The molecule has 0 spiro atoms. The van der Waals surface area contributed by atoms with Crippen molar-refractivity contribution in [3.8, 4) is 16.9 Å². The number of carbonyl (C=O) groups is 2. The molecule has 3 aromatic rings. The highest BCUT2D eigenvalue weighted by Gasteiger charge is 2.49. The van der Waals surface area contributed by atoms with Gasteiger partial charge in [0.2, 0.25) is 0 Å². The number of rotatable bonds is 12. The van der Waals surface area contributed by atoms with E-state index in [9.17, 15) is 9.59 Å². The Morgan fingerprint density at radius 2 is 1.28 bits per heavy atom. The Balaban J connectivity index is 1.40. The molecule has 2 aliphatic carbocycles. The number of hydrogen-bond acceptors (Lipinski definition) is 6. The molecule has 0 aromatic heterocycles. The summed E-state index contributed by atoms with van der Waals surface area (Å²) in [5, 5.41) is 0. The van der Waals surface area contributed by atoms with Gasteiger partial charge in [-0.3, -0.25) is 0 Å². The van der Waals surface area contributed by atoms with Gasteiger partial charge < -0.3 is 18.9 Å². The maximum atomic E-state index is 11.7. The lowest BCUT2D eigenvalue weighted by atomic mass is 9.62. The Bertz CT molecular complexity index is 1550. The summed E-state index contributed by atoms with van der Waals surface area (Å²) in [5.74, 6) is 0.730. The zero-order chi connectivity index (χ0) is 30.4. The second kappa shape index (κ2) is 13.0. The molecule has 6 nitrogen and oxygen atoms in total. The molecular weight excluding hydrogens is 540 g/mol. The van der Waals surface area contributed by atoms with E-state index in [4.69, 9.17) is 18.9 Å². The molecule has 43 heavy (non-hydrogen) atoms. The third kappa shape index (κ3) is 6.05. The molecule has 220 valence electrons. The molecule has 5 rings (SSSR count). The Labute approximate surface area is 252 Å². The van der Waals surface area contributed by atoms with Crippen LogP contribution in [0.1, 0.15) is 37.0 Å². The van der Waals surface area contributed by atoms with Gasteiger partial charge in [-0.25, -0.2) is 9.59 Å². The van der Waals surface area contributed by atoms with E-state index in [2.05, 4.69) is 86.0 Å². The van der Waals surface area contributed by atoms with Crippen LogP contribution >= 0.6 is 0 Å². The maximum Gasteiger partial charge on any atom is 0.333 e. The summed E-state index contributed by atoms with van der Waals surface area (Å²) in [6.07, 6.45) is 7.12. The second-order valence-corrected chi connectivity index (χ2v) is 10.8. The Morgan fingerprint density at radius 3 is 1.79 bits per heavy atom. The first kappa shape index (κ1) is 29.6. The number of carbonyl (C=O) groups excluding carboxylic acids is 2. The van der Waals surface area contributed by atoms with Crippen LogP contribution in [0.3, 0.4) is 0 Å². The average Bonchev–Trinajstić information content (AvgIpc) is 3.33.